The Kier molecular flexibility index (Phi) is 6.69. The largest absolute Gasteiger partial charge is 0.481 e. The summed E-state index contributed by atoms with van der Waals surface area (Å²) in [7, 11) is 0. The minimum Gasteiger partial charge on any atom is -0.481 e. The number of aliphatic hydroxyl groups is 1. The van der Waals surface area contributed by atoms with E-state index in [1.165, 1.54) is 19.3 Å². The highest BCUT2D eigenvalue weighted by molar-refractivity contribution is 7.99. The van der Waals surface area contributed by atoms with Crippen molar-refractivity contribution in [2.24, 2.45) is 23.7 Å². The SMILES string of the molecule is O=C(O)C[C@H]1CCN(c2ccc(C(=O)NC3[C@@H]4CC5C[C@H]3CC(O)(C5)C4)c(SC3CCCCC3)n2)C1. The average molecular weight is 514 g/mol. The van der Waals surface area contributed by atoms with E-state index < -0.39 is 11.6 Å². The Morgan fingerprint density at radius 1 is 1.08 bits per heavy atom. The number of carboxylic acids is 1. The summed E-state index contributed by atoms with van der Waals surface area (Å²) in [5, 5.41) is 24.8. The number of amides is 1. The molecule has 1 aromatic heterocycles. The van der Waals surface area contributed by atoms with E-state index in [0.29, 0.717) is 35.1 Å². The Bertz CT molecular complexity index is 997. The monoisotopic (exact) mass is 513 g/mol. The van der Waals surface area contributed by atoms with Crippen LogP contribution >= 0.6 is 11.8 Å². The number of hydrogen-bond acceptors (Lipinski definition) is 6. The highest BCUT2D eigenvalue weighted by Crippen LogP contribution is 2.55. The third-order valence-electron chi connectivity index (χ3n) is 9.53. The number of aromatic nitrogens is 1. The Morgan fingerprint density at radius 2 is 1.83 bits per heavy atom. The number of anilines is 1. The molecular weight excluding hydrogens is 474 g/mol. The number of carbonyl (C=O) groups excluding carboxylic acids is 1. The lowest BCUT2D eigenvalue weighted by atomic mass is 9.52. The van der Waals surface area contributed by atoms with Gasteiger partial charge in [0.05, 0.1) is 11.2 Å². The first kappa shape index (κ1) is 24.5. The highest BCUT2D eigenvalue weighted by atomic mass is 32.2. The molecule has 36 heavy (non-hydrogen) atoms. The van der Waals surface area contributed by atoms with E-state index in [1.807, 2.05) is 12.1 Å². The highest BCUT2D eigenvalue weighted by Gasteiger charge is 2.55. The minimum atomic E-state index is -0.743. The number of hydrogen-bond donors (Lipinski definition) is 3. The first-order valence-electron chi connectivity index (χ1n) is 14.0. The molecule has 1 aromatic rings. The zero-order chi connectivity index (χ0) is 24.9. The molecule has 6 aliphatic rings. The molecule has 5 aliphatic carbocycles. The van der Waals surface area contributed by atoms with Gasteiger partial charge in [0.25, 0.3) is 5.91 Å². The number of carbonyl (C=O) groups is 2. The summed E-state index contributed by atoms with van der Waals surface area (Å²) >= 11 is 1.76. The maximum absolute atomic E-state index is 13.7. The van der Waals surface area contributed by atoms with E-state index in [9.17, 15) is 19.8 Å². The quantitative estimate of drug-likeness (QED) is 0.494. The van der Waals surface area contributed by atoms with Gasteiger partial charge in [0.2, 0.25) is 0 Å². The van der Waals surface area contributed by atoms with Crippen LogP contribution in [0.3, 0.4) is 0 Å². The van der Waals surface area contributed by atoms with Crippen LogP contribution in [0, 0.1) is 23.7 Å². The standard InChI is InChI=1S/C28H39N3O4S/c32-24(33)12-17-8-9-31(16-17)23-7-6-22(27(29-23)36-21-4-2-1-3-5-21)26(34)30-25-19-10-18-11-20(25)15-28(35,13-18)14-19/h6-7,17-21,25,35H,1-5,8-16H2,(H,30,34)(H,32,33)/t17-,18?,19-,20+,25?,28?/m1/s1. The van der Waals surface area contributed by atoms with Crippen LogP contribution in [0.2, 0.25) is 0 Å². The molecule has 6 atom stereocenters. The molecule has 3 unspecified atom stereocenters. The topological polar surface area (TPSA) is 103 Å². The van der Waals surface area contributed by atoms with Crippen molar-refractivity contribution in [1.29, 1.82) is 0 Å². The van der Waals surface area contributed by atoms with Crippen LogP contribution in [-0.2, 0) is 4.79 Å². The summed E-state index contributed by atoms with van der Waals surface area (Å²) in [6.07, 6.45) is 12.0. The number of nitrogens with zero attached hydrogens (tertiary/aromatic N) is 2. The summed E-state index contributed by atoms with van der Waals surface area (Å²) in [5.74, 6) is 1.60. The van der Waals surface area contributed by atoms with Gasteiger partial charge in [-0.3, -0.25) is 9.59 Å². The molecule has 4 bridgehead atoms. The van der Waals surface area contributed by atoms with Crippen LogP contribution in [0.5, 0.6) is 0 Å². The molecule has 3 N–H and O–H groups in total. The first-order chi connectivity index (χ1) is 17.3. The second kappa shape index (κ2) is 9.82. The van der Waals surface area contributed by atoms with Gasteiger partial charge in [0, 0.05) is 30.8 Å². The van der Waals surface area contributed by atoms with Gasteiger partial charge in [-0.05, 0) is 87.2 Å². The fourth-order valence-corrected chi connectivity index (χ4v) is 9.43. The number of aliphatic carboxylic acids is 1. The van der Waals surface area contributed by atoms with Crippen LogP contribution in [-0.4, -0.2) is 57.1 Å². The summed E-state index contributed by atoms with van der Waals surface area (Å²) in [6, 6.07) is 4.04. The van der Waals surface area contributed by atoms with Gasteiger partial charge in [0.1, 0.15) is 10.8 Å². The van der Waals surface area contributed by atoms with Crippen LogP contribution in [0.15, 0.2) is 17.2 Å². The number of nitrogens with one attached hydrogen (secondary N) is 1. The smallest absolute Gasteiger partial charge is 0.303 e. The third-order valence-corrected chi connectivity index (χ3v) is 10.9. The van der Waals surface area contributed by atoms with Crippen molar-refractivity contribution in [2.75, 3.05) is 18.0 Å². The number of pyridine rings is 1. The molecule has 196 valence electrons. The molecule has 7 nitrogen and oxygen atoms in total. The average Bonchev–Trinajstić information content (AvgIpc) is 3.29. The van der Waals surface area contributed by atoms with Gasteiger partial charge in [-0.25, -0.2) is 4.98 Å². The summed E-state index contributed by atoms with van der Waals surface area (Å²) in [4.78, 5) is 32.0. The van der Waals surface area contributed by atoms with E-state index >= 15 is 0 Å². The summed E-state index contributed by atoms with van der Waals surface area (Å²) in [6.45, 7) is 1.51. The zero-order valence-electron chi connectivity index (χ0n) is 21.0. The molecule has 8 heteroatoms. The van der Waals surface area contributed by atoms with Crippen LogP contribution in [0.4, 0.5) is 5.82 Å². The second-order valence-electron chi connectivity index (χ2n) is 12.3. The van der Waals surface area contributed by atoms with Crippen molar-refractivity contribution in [3.05, 3.63) is 17.7 Å². The molecule has 0 spiro atoms. The third kappa shape index (κ3) is 5.00. The van der Waals surface area contributed by atoms with Crippen molar-refractivity contribution >= 4 is 29.5 Å². The lowest BCUT2D eigenvalue weighted by Gasteiger charge is -2.58. The fraction of sp³-hybridized carbons (Fsp3) is 0.750. The van der Waals surface area contributed by atoms with Crippen molar-refractivity contribution < 1.29 is 19.8 Å². The van der Waals surface area contributed by atoms with Gasteiger partial charge >= 0.3 is 5.97 Å². The molecule has 1 aliphatic heterocycles. The zero-order valence-corrected chi connectivity index (χ0v) is 21.8. The van der Waals surface area contributed by atoms with Crippen molar-refractivity contribution in [3.8, 4) is 0 Å². The maximum atomic E-state index is 13.7. The Hall–Kier alpha value is -1.80. The van der Waals surface area contributed by atoms with Gasteiger partial charge in [-0.15, -0.1) is 11.8 Å². The second-order valence-corrected chi connectivity index (χ2v) is 13.6. The van der Waals surface area contributed by atoms with Crippen LogP contribution < -0.4 is 10.2 Å². The molecular formula is C28H39N3O4S. The van der Waals surface area contributed by atoms with Crippen LogP contribution in [0.1, 0.15) is 87.4 Å². The molecule has 2 heterocycles. The Labute approximate surface area is 217 Å². The molecule has 7 rings (SSSR count). The predicted octanol–water partition coefficient (Wildman–Crippen LogP) is 4.48. The van der Waals surface area contributed by atoms with Gasteiger partial charge in [-0.2, -0.15) is 0 Å². The lowest BCUT2D eigenvalue weighted by Crippen LogP contribution is -2.61. The van der Waals surface area contributed by atoms with E-state index in [0.717, 1.165) is 68.8 Å². The Morgan fingerprint density at radius 3 is 2.53 bits per heavy atom. The molecule has 0 aromatic carbocycles. The predicted molar refractivity (Wildman–Crippen MR) is 139 cm³/mol. The molecule has 6 fully saturated rings. The first-order valence-corrected chi connectivity index (χ1v) is 14.9. The number of thioether (sulfide) groups is 1. The van der Waals surface area contributed by atoms with E-state index in [-0.39, 0.29) is 24.3 Å². The van der Waals surface area contributed by atoms with E-state index in [4.69, 9.17) is 4.98 Å². The molecule has 1 amide bonds. The molecule has 1 saturated heterocycles. The summed E-state index contributed by atoms with van der Waals surface area (Å²) < 4.78 is 0. The molecule has 0 radical (unpaired) electrons. The fourth-order valence-electron chi connectivity index (χ4n) is 8.11. The van der Waals surface area contributed by atoms with Gasteiger partial charge in [-0.1, -0.05) is 19.3 Å². The number of rotatable bonds is 7. The van der Waals surface area contributed by atoms with Crippen molar-refractivity contribution in [3.63, 3.8) is 0 Å². The van der Waals surface area contributed by atoms with Crippen molar-refractivity contribution in [2.45, 2.75) is 99.0 Å². The Balaban J connectivity index is 1.21. The molecule has 5 saturated carbocycles. The number of carboxylic acid groups (broad SMARTS) is 1. The van der Waals surface area contributed by atoms with E-state index in [2.05, 4.69) is 10.2 Å². The minimum absolute atomic E-state index is 0.0259. The van der Waals surface area contributed by atoms with Gasteiger partial charge < -0.3 is 20.4 Å². The summed E-state index contributed by atoms with van der Waals surface area (Å²) in [5.41, 5.74) is 0.167. The normalized spacial score (nSPS) is 35.8. The lowest BCUT2D eigenvalue weighted by molar-refractivity contribution is -0.138. The van der Waals surface area contributed by atoms with Gasteiger partial charge in [0.15, 0.2) is 0 Å². The maximum Gasteiger partial charge on any atom is 0.303 e. The van der Waals surface area contributed by atoms with Crippen LogP contribution in [0.25, 0.3) is 0 Å². The van der Waals surface area contributed by atoms with Crippen molar-refractivity contribution in [1.82, 2.24) is 10.3 Å². The van der Waals surface area contributed by atoms with E-state index in [1.54, 1.807) is 11.8 Å².